The van der Waals surface area contributed by atoms with Gasteiger partial charge in [-0.1, -0.05) is 6.07 Å². The number of nitrogens with zero attached hydrogens (tertiary/aromatic N) is 1. The molecule has 0 amide bonds. The van der Waals surface area contributed by atoms with Crippen molar-refractivity contribution in [2.75, 3.05) is 10.5 Å². The van der Waals surface area contributed by atoms with Crippen molar-refractivity contribution in [1.82, 2.24) is 4.98 Å². The van der Waals surface area contributed by atoms with Crippen molar-refractivity contribution in [3.8, 4) is 0 Å². The van der Waals surface area contributed by atoms with Crippen LogP contribution in [0.25, 0.3) is 0 Å². The van der Waals surface area contributed by atoms with Gasteiger partial charge in [0.05, 0.1) is 10.6 Å². The van der Waals surface area contributed by atoms with Crippen molar-refractivity contribution < 1.29 is 8.42 Å². The van der Waals surface area contributed by atoms with Crippen molar-refractivity contribution in [1.29, 1.82) is 0 Å². The van der Waals surface area contributed by atoms with Gasteiger partial charge in [0.15, 0.2) is 0 Å². The maximum absolute atomic E-state index is 12.2. The molecular formula is C12H12BrN3O2S. The van der Waals surface area contributed by atoms with Crippen molar-refractivity contribution in [3.05, 3.63) is 46.7 Å². The fourth-order valence-electron chi connectivity index (χ4n) is 1.45. The van der Waals surface area contributed by atoms with Gasteiger partial charge in [0.25, 0.3) is 10.0 Å². The van der Waals surface area contributed by atoms with Crippen molar-refractivity contribution in [2.45, 2.75) is 11.8 Å². The highest BCUT2D eigenvalue weighted by molar-refractivity contribution is 9.10. The number of nitrogen functional groups attached to an aromatic ring is 1. The number of nitrogens with two attached hydrogens (primary N) is 1. The zero-order valence-corrected chi connectivity index (χ0v) is 12.5. The van der Waals surface area contributed by atoms with Gasteiger partial charge in [0, 0.05) is 11.9 Å². The summed E-state index contributed by atoms with van der Waals surface area (Å²) in [6.45, 7) is 1.82. The van der Waals surface area contributed by atoms with E-state index in [1.165, 1.54) is 12.1 Å². The summed E-state index contributed by atoms with van der Waals surface area (Å²) in [4.78, 5) is 4.07. The van der Waals surface area contributed by atoms with Crippen LogP contribution in [0.4, 0.5) is 11.4 Å². The number of pyridine rings is 1. The second-order valence-electron chi connectivity index (χ2n) is 3.97. The van der Waals surface area contributed by atoms with E-state index in [2.05, 4.69) is 25.6 Å². The van der Waals surface area contributed by atoms with Crippen LogP contribution < -0.4 is 10.5 Å². The highest BCUT2D eigenvalue weighted by Gasteiger charge is 2.16. The van der Waals surface area contributed by atoms with Gasteiger partial charge in [-0.05, 0) is 52.7 Å². The number of aryl methyl sites for hydroxylation is 1. The molecule has 0 unspecified atom stereocenters. The fourth-order valence-corrected chi connectivity index (χ4v) is 3.03. The molecular weight excluding hydrogens is 330 g/mol. The Morgan fingerprint density at radius 1 is 1.32 bits per heavy atom. The molecule has 1 aromatic carbocycles. The van der Waals surface area contributed by atoms with Crippen LogP contribution in [0, 0.1) is 6.92 Å². The first-order valence-corrected chi connectivity index (χ1v) is 7.67. The standard InChI is InChI=1S/C12H12BrN3O2S/c1-8-4-5-9(7-10(8)14)19(17,18)16-11-3-2-6-15-12(11)13/h2-7,16H,14H2,1H3. The Morgan fingerprint density at radius 2 is 2.05 bits per heavy atom. The molecule has 0 aliphatic carbocycles. The Morgan fingerprint density at radius 3 is 2.68 bits per heavy atom. The predicted octanol–water partition coefficient (Wildman–Crippen LogP) is 2.54. The average Bonchev–Trinajstić information content (AvgIpc) is 2.35. The zero-order chi connectivity index (χ0) is 14.0. The lowest BCUT2D eigenvalue weighted by Crippen LogP contribution is -2.14. The Bertz CT molecular complexity index is 717. The third-order valence-electron chi connectivity index (χ3n) is 2.56. The van der Waals surface area contributed by atoms with E-state index < -0.39 is 10.0 Å². The molecule has 7 heteroatoms. The summed E-state index contributed by atoms with van der Waals surface area (Å²) in [6.07, 6.45) is 1.56. The number of hydrogen-bond acceptors (Lipinski definition) is 4. The first-order chi connectivity index (χ1) is 8.90. The Kier molecular flexibility index (Phi) is 3.77. The zero-order valence-electron chi connectivity index (χ0n) is 10.1. The molecule has 2 rings (SSSR count). The molecule has 1 aromatic heterocycles. The topological polar surface area (TPSA) is 85.1 Å². The van der Waals surface area contributed by atoms with Crippen LogP contribution in [-0.4, -0.2) is 13.4 Å². The highest BCUT2D eigenvalue weighted by Crippen LogP contribution is 2.24. The number of anilines is 2. The van der Waals surface area contributed by atoms with Crippen LogP contribution in [0.1, 0.15) is 5.56 Å². The minimum atomic E-state index is -3.68. The molecule has 0 aliphatic heterocycles. The number of hydrogen-bond donors (Lipinski definition) is 2. The molecule has 3 N–H and O–H groups in total. The van der Waals surface area contributed by atoms with Gasteiger partial charge in [0.1, 0.15) is 4.60 Å². The van der Waals surface area contributed by atoms with Crippen LogP contribution in [-0.2, 0) is 10.0 Å². The second kappa shape index (κ2) is 5.18. The van der Waals surface area contributed by atoms with E-state index in [0.29, 0.717) is 16.0 Å². The van der Waals surface area contributed by atoms with Gasteiger partial charge in [-0.15, -0.1) is 0 Å². The number of benzene rings is 1. The highest BCUT2D eigenvalue weighted by atomic mass is 79.9. The van der Waals surface area contributed by atoms with Crippen molar-refractivity contribution in [3.63, 3.8) is 0 Å². The number of aromatic nitrogens is 1. The van der Waals surface area contributed by atoms with Crippen LogP contribution in [0.3, 0.4) is 0 Å². The molecule has 0 spiro atoms. The van der Waals surface area contributed by atoms with Gasteiger partial charge >= 0.3 is 0 Å². The summed E-state index contributed by atoms with van der Waals surface area (Å²) in [5, 5.41) is 0. The van der Waals surface area contributed by atoms with Crippen LogP contribution >= 0.6 is 15.9 Å². The van der Waals surface area contributed by atoms with E-state index in [4.69, 9.17) is 5.73 Å². The molecule has 5 nitrogen and oxygen atoms in total. The van der Waals surface area contributed by atoms with Gasteiger partial charge < -0.3 is 5.73 Å². The lowest BCUT2D eigenvalue weighted by atomic mass is 10.2. The van der Waals surface area contributed by atoms with E-state index in [1.54, 1.807) is 24.4 Å². The summed E-state index contributed by atoms with van der Waals surface area (Å²) in [5.74, 6) is 0. The van der Waals surface area contributed by atoms with Crippen LogP contribution in [0.5, 0.6) is 0 Å². The first kappa shape index (κ1) is 13.8. The third kappa shape index (κ3) is 3.05. The van der Waals surface area contributed by atoms with E-state index in [1.807, 2.05) is 6.92 Å². The lowest BCUT2D eigenvalue weighted by molar-refractivity contribution is 0.601. The minimum Gasteiger partial charge on any atom is -0.398 e. The molecule has 0 atom stereocenters. The Hall–Kier alpha value is -1.60. The van der Waals surface area contributed by atoms with Gasteiger partial charge in [0.2, 0.25) is 0 Å². The van der Waals surface area contributed by atoms with E-state index in [-0.39, 0.29) is 4.90 Å². The van der Waals surface area contributed by atoms with E-state index in [0.717, 1.165) is 5.56 Å². The van der Waals surface area contributed by atoms with Crippen LogP contribution in [0.2, 0.25) is 0 Å². The number of sulfonamides is 1. The number of halogens is 1. The molecule has 0 saturated carbocycles. The summed E-state index contributed by atoms with van der Waals surface area (Å²) in [5.41, 5.74) is 7.38. The molecule has 0 bridgehead atoms. The molecule has 0 aliphatic rings. The smallest absolute Gasteiger partial charge is 0.262 e. The lowest BCUT2D eigenvalue weighted by Gasteiger charge is -2.10. The van der Waals surface area contributed by atoms with Crippen LogP contribution in [0.15, 0.2) is 46.0 Å². The second-order valence-corrected chi connectivity index (χ2v) is 6.40. The molecule has 0 radical (unpaired) electrons. The minimum absolute atomic E-state index is 0.117. The largest absolute Gasteiger partial charge is 0.398 e. The quantitative estimate of drug-likeness (QED) is 0.663. The van der Waals surface area contributed by atoms with Gasteiger partial charge in [-0.3, -0.25) is 4.72 Å². The summed E-state index contributed by atoms with van der Waals surface area (Å²) >= 11 is 3.18. The number of nitrogens with one attached hydrogen (secondary N) is 1. The molecule has 2 aromatic rings. The third-order valence-corrected chi connectivity index (χ3v) is 4.56. The van der Waals surface area contributed by atoms with Gasteiger partial charge in [-0.2, -0.15) is 0 Å². The molecule has 0 fully saturated rings. The number of rotatable bonds is 3. The SMILES string of the molecule is Cc1ccc(S(=O)(=O)Nc2cccnc2Br)cc1N. The van der Waals surface area contributed by atoms with E-state index >= 15 is 0 Å². The summed E-state index contributed by atoms with van der Waals surface area (Å²) < 4.78 is 27.3. The maximum Gasteiger partial charge on any atom is 0.262 e. The summed E-state index contributed by atoms with van der Waals surface area (Å²) in [7, 11) is -3.68. The maximum atomic E-state index is 12.2. The monoisotopic (exact) mass is 341 g/mol. The molecule has 1 heterocycles. The molecule has 19 heavy (non-hydrogen) atoms. The van der Waals surface area contributed by atoms with Crippen molar-refractivity contribution in [2.24, 2.45) is 0 Å². The van der Waals surface area contributed by atoms with E-state index in [9.17, 15) is 8.42 Å². The average molecular weight is 342 g/mol. The van der Waals surface area contributed by atoms with Crippen molar-refractivity contribution >= 4 is 37.3 Å². The Labute approximate surface area is 120 Å². The molecule has 100 valence electrons. The normalized spacial score (nSPS) is 11.3. The predicted molar refractivity (Wildman–Crippen MR) is 78.3 cm³/mol. The summed E-state index contributed by atoms with van der Waals surface area (Å²) in [6, 6.07) is 7.88. The first-order valence-electron chi connectivity index (χ1n) is 5.39. The Balaban J connectivity index is 2.38. The molecule has 0 saturated heterocycles. The fraction of sp³-hybridized carbons (Fsp3) is 0.0833. The van der Waals surface area contributed by atoms with Gasteiger partial charge in [-0.25, -0.2) is 13.4 Å².